The lowest BCUT2D eigenvalue weighted by atomic mass is 10.1. The summed E-state index contributed by atoms with van der Waals surface area (Å²) in [7, 11) is 4.13. The quantitative estimate of drug-likeness (QED) is 0.182. The molecule has 4 aromatic rings. The van der Waals surface area contributed by atoms with Crippen molar-refractivity contribution >= 4 is 17.5 Å². The van der Waals surface area contributed by atoms with Crippen molar-refractivity contribution in [3.63, 3.8) is 0 Å². The van der Waals surface area contributed by atoms with Gasteiger partial charge in [-0.15, -0.1) is 0 Å². The van der Waals surface area contributed by atoms with Crippen LogP contribution in [0, 0.1) is 12.8 Å². The van der Waals surface area contributed by atoms with Gasteiger partial charge in [-0.1, -0.05) is 75.4 Å². The average Bonchev–Trinajstić information content (AvgIpc) is 3.09. The molecule has 1 aliphatic rings. The highest BCUT2D eigenvalue weighted by Crippen LogP contribution is 2.33. The van der Waals surface area contributed by atoms with Crippen molar-refractivity contribution in [3.05, 3.63) is 119 Å². The summed E-state index contributed by atoms with van der Waals surface area (Å²) in [5, 5.41) is 11.9. The number of alkyl halides is 3. The van der Waals surface area contributed by atoms with Gasteiger partial charge in [0.2, 0.25) is 5.91 Å². The predicted octanol–water partition coefficient (Wildman–Crippen LogP) is 8.22. The minimum atomic E-state index is -4.49. The van der Waals surface area contributed by atoms with Crippen molar-refractivity contribution in [2.75, 3.05) is 45.7 Å². The standard InChI is InChI=1S/C22H23F3N2O4.C16H19NO.C2H6/c1-14-12-27(8-9-28)21(30)17-6-3-7-18(20(17)31-13-14)26-19(29)11-15-4-2-5-16(10-15)22(23,24)25;1-13-6-4-5-7-16(13)18-15-10-8-14(9-11-15)12-17(2)3;1-2/h2-7,10,14,28H,8-9,11-13H2,1H3,(H,26,29);4-11H,12H2,1-3H3;1-2H3/t14-;;/m1../s1. The van der Waals surface area contributed by atoms with Crippen LogP contribution >= 0.6 is 0 Å². The van der Waals surface area contributed by atoms with Crippen LogP contribution in [0.15, 0.2) is 91.0 Å². The van der Waals surface area contributed by atoms with Crippen LogP contribution in [0.3, 0.4) is 0 Å². The number of nitrogens with zero attached hydrogens (tertiary/aromatic N) is 2. The first-order valence-corrected chi connectivity index (χ1v) is 16.9. The second-order valence-corrected chi connectivity index (χ2v) is 12.2. The second-order valence-electron chi connectivity index (χ2n) is 12.2. The smallest absolute Gasteiger partial charge is 0.416 e. The molecule has 8 nitrogen and oxygen atoms in total. The number of β-amino-alcohol motifs (C(OH)–C–C–N with tert-alkyl or cyclic N) is 1. The van der Waals surface area contributed by atoms with E-state index >= 15 is 0 Å². The number of aryl methyl sites for hydroxylation is 1. The fourth-order valence-corrected chi connectivity index (χ4v) is 5.24. The molecule has 4 aromatic carbocycles. The summed E-state index contributed by atoms with van der Waals surface area (Å²) < 4.78 is 50.4. The number of ether oxygens (including phenoxy) is 2. The Morgan fingerprint density at radius 2 is 1.67 bits per heavy atom. The van der Waals surface area contributed by atoms with Crippen molar-refractivity contribution in [1.82, 2.24) is 9.80 Å². The number of carbonyl (C=O) groups excluding carboxylic acids is 2. The van der Waals surface area contributed by atoms with E-state index in [4.69, 9.17) is 9.47 Å². The van der Waals surface area contributed by atoms with E-state index in [9.17, 15) is 27.9 Å². The van der Waals surface area contributed by atoms with Crippen LogP contribution in [0.25, 0.3) is 0 Å². The molecule has 0 aromatic heterocycles. The molecule has 0 aliphatic carbocycles. The highest BCUT2D eigenvalue weighted by molar-refractivity contribution is 6.01. The van der Waals surface area contributed by atoms with Crippen molar-refractivity contribution in [3.8, 4) is 17.2 Å². The summed E-state index contributed by atoms with van der Waals surface area (Å²) in [5.74, 6) is 1.14. The fraction of sp³-hybridized carbons (Fsp3) is 0.350. The van der Waals surface area contributed by atoms with Gasteiger partial charge in [0.1, 0.15) is 11.5 Å². The molecule has 1 heterocycles. The van der Waals surface area contributed by atoms with Gasteiger partial charge in [-0.25, -0.2) is 0 Å². The molecule has 0 fully saturated rings. The molecule has 5 rings (SSSR count). The Morgan fingerprint density at radius 1 is 0.980 bits per heavy atom. The molecule has 0 radical (unpaired) electrons. The number of amides is 2. The summed E-state index contributed by atoms with van der Waals surface area (Å²) in [6, 6.07) is 25.6. The maximum atomic E-state index is 12.9. The molecule has 0 spiro atoms. The first-order chi connectivity index (χ1) is 24.3. The first kappa shape index (κ1) is 40.6. The van der Waals surface area contributed by atoms with Gasteiger partial charge in [-0.2, -0.15) is 13.2 Å². The van der Waals surface area contributed by atoms with Crippen LogP contribution in [-0.4, -0.2) is 67.1 Å². The number of halogens is 3. The highest BCUT2D eigenvalue weighted by atomic mass is 19.4. The zero-order valence-corrected chi connectivity index (χ0v) is 30.1. The van der Waals surface area contributed by atoms with Gasteiger partial charge in [0.15, 0.2) is 5.75 Å². The number of aliphatic hydroxyl groups excluding tert-OH is 1. The maximum Gasteiger partial charge on any atom is 0.416 e. The van der Waals surface area contributed by atoms with E-state index in [1.54, 1.807) is 18.2 Å². The van der Waals surface area contributed by atoms with Gasteiger partial charge in [0.05, 0.1) is 36.4 Å². The number of nitrogens with one attached hydrogen (secondary N) is 1. The summed E-state index contributed by atoms with van der Waals surface area (Å²) in [4.78, 5) is 29.1. The van der Waals surface area contributed by atoms with Crippen molar-refractivity contribution in [1.29, 1.82) is 0 Å². The Kier molecular flexibility index (Phi) is 15.5. The molecule has 0 bridgehead atoms. The van der Waals surface area contributed by atoms with E-state index in [0.717, 1.165) is 35.7 Å². The lowest BCUT2D eigenvalue weighted by Crippen LogP contribution is -2.40. The molecule has 1 aliphatic heterocycles. The molecule has 0 saturated heterocycles. The van der Waals surface area contributed by atoms with Crippen LogP contribution in [0.2, 0.25) is 0 Å². The van der Waals surface area contributed by atoms with Crippen molar-refractivity contribution in [2.24, 2.45) is 5.92 Å². The SMILES string of the molecule is CC.C[C@H]1COc2c(NC(=O)Cc3cccc(C(F)(F)F)c3)cccc2C(=O)N(CCO)C1.Cc1ccccc1Oc1ccc(CN(C)C)cc1. The minimum Gasteiger partial charge on any atom is -0.490 e. The predicted molar refractivity (Wildman–Crippen MR) is 194 cm³/mol. The van der Waals surface area contributed by atoms with Crippen molar-refractivity contribution in [2.45, 2.75) is 46.8 Å². The summed E-state index contributed by atoms with van der Waals surface area (Å²) in [5.41, 5.74) is 2.34. The van der Waals surface area contributed by atoms with E-state index in [1.165, 1.54) is 22.6 Å². The number of hydrogen-bond donors (Lipinski definition) is 2. The molecule has 2 amide bonds. The van der Waals surface area contributed by atoms with Crippen LogP contribution in [-0.2, 0) is 23.9 Å². The number of fused-ring (bicyclic) bond motifs is 1. The molecule has 11 heteroatoms. The third-order valence-electron chi connectivity index (χ3n) is 7.58. The van der Waals surface area contributed by atoms with Gasteiger partial charge in [-0.05, 0) is 74.1 Å². The van der Waals surface area contributed by atoms with Gasteiger partial charge in [0, 0.05) is 25.6 Å². The molecule has 0 saturated carbocycles. The van der Waals surface area contributed by atoms with Crippen LogP contribution in [0.1, 0.15) is 53.4 Å². The molecule has 2 N–H and O–H groups in total. The maximum absolute atomic E-state index is 12.9. The van der Waals surface area contributed by atoms with Crippen LogP contribution in [0.5, 0.6) is 17.2 Å². The summed E-state index contributed by atoms with van der Waals surface area (Å²) in [6.07, 6.45) is -4.76. The fourth-order valence-electron chi connectivity index (χ4n) is 5.24. The largest absolute Gasteiger partial charge is 0.490 e. The molecule has 51 heavy (non-hydrogen) atoms. The van der Waals surface area contributed by atoms with E-state index in [0.29, 0.717) is 13.2 Å². The Balaban J connectivity index is 0.000000298. The van der Waals surface area contributed by atoms with E-state index in [-0.39, 0.29) is 54.0 Å². The van der Waals surface area contributed by atoms with Crippen LogP contribution < -0.4 is 14.8 Å². The Morgan fingerprint density at radius 3 is 2.31 bits per heavy atom. The van der Waals surface area contributed by atoms with E-state index < -0.39 is 17.6 Å². The Hall–Kier alpha value is -4.87. The van der Waals surface area contributed by atoms with Gasteiger partial charge in [0.25, 0.3) is 5.91 Å². The molecular formula is C40H48F3N3O5. The van der Waals surface area contributed by atoms with Gasteiger partial charge in [-0.3, -0.25) is 9.59 Å². The summed E-state index contributed by atoms with van der Waals surface area (Å²) >= 11 is 0. The monoisotopic (exact) mass is 707 g/mol. The molecule has 0 unspecified atom stereocenters. The number of hydrogen-bond acceptors (Lipinski definition) is 6. The van der Waals surface area contributed by atoms with Crippen LogP contribution in [0.4, 0.5) is 18.9 Å². The highest BCUT2D eigenvalue weighted by Gasteiger charge is 2.31. The topological polar surface area (TPSA) is 91.3 Å². The number of aliphatic hydroxyl groups is 1. The molecular weight excluding hydrogens is 659 g/mol. The third kappa shape index (κ3) is 12.4. The number of anilines is 1. The number of carbonyl (C=O) groups is 2. The lowest BCUT2D eigenvalue weighted by Gasteiger charge is -2.30. The van der Waals surface area contributed by atoms with E-state index in [2.05, 4.69) is 49.4 Å². The van der Waals surface area contributed by atoms with Gasteiger partial charge >= 0.3 is 6.18 Å². The van der Waals surface area contributed by atoms with Gasteiger partial charge < -0.3 is 29.7 Å². The number of para-hydroxylation sites is 2. The third-order valence-corrected chi connectivity index (χ3v) is 7.58. The second kappa shape index (κ2) is 19.5. The first-order valence-electron chi connectivity index (χ1n) is 16.9. The number of rotatable bonds is 9. The zero-order chi connectivity index (χ0) is 37.6. The minimum absolute atomic E-state index is 0.00230. The average molecular weight is 708 g/mol. The normalized spacial score (nSPS) is 14.1. The van der Waals surface area contributed by atoms with E-state index in [1.807, 2.05) is 51.1 Å². The Labute approximate surface area is 298 Å². The van der Waals surface area contributed by atoms with Crippen molar-refractivity contribution < 1.29 is 37.3 Å². The zero-order valence-electron chi connectivity index (χ0n) is 30.1. The Bertz CT molecular complexity index is 1710. The number of benzene rings is 4. The summed E-state index contributed by atoms with van der Waals surface area (Å²) in [6.45, 7) is 9.61. The molecule has 274 valence electrons. The molecule has 1 atom stereocenters. The lowest BCUT2D eigenvalue weighted by molar-refractivity contribution is -0.137.